The molecule has 6 aliphatic rings. The standard InChI is InChI=1S/C22H23BrFN5O3S.C16H12Br2FN3O2S.C11H20N2O3/c1-31-22(30)18-17(9-29-13-7-25-8-14(29)11-32-10-13)27-20(21-26-4-5-33-21)28-19(18)15-3-2-12(24)6-16(15)23;1-24-16(23)12-11(7-17)21-14(15-20-4-5-25-15)22-13(12)9-3-2-8(19)6-10(9)18;1-11(2,3)16-10(14)13-4-8-6-15-7-9(5-13)12-8/h2-6,13-14,19,25H,7-11H2,1H3,(H,27,28);2-6,13H,7H2,1H3,(H,21,22);8-9,12H,4-7H2,1-3H3/t13?,14?,19-;13-;/m00./s1. The highest BCUT2D eigenvalue weighted by Crippen LogP contribution is 2.39. The van der Waals surface area contributed by atoms with Crippen molar-refractivity contribution in [2.24, 2.45) is 9.98 Å². The third-order valence-electron chi connectivity index (χ3n) is 12.3. The molecule has 4 fully saturated rings. The van der Waals surface area contributed by atoms with Crippen molar-refractivity contribution in [1.29, 1.82) is 0 Å². The van der Waals surface area contributed by atoms with Gasteiger partial charge in [-0.2, -0.15) is 0 Å². The number of fused-ring (bicyclic) bond motifs is 4. The number of aromatic nitrogens is 2. The summed E-state index contributed by atoms with van der Waals surface area (Å²) in [5, 5.41) is 18.9. The molecule has 4 N–H and O–H groups in total. The van der Waals surface area contributed by atoms with Crippen molar-refractivity contribution in [2.75, 3.05) is 78.7 Å². The molecule has 396 valence electrons. The van der Waals surface area contributed by atoms with Crippen molar-refractivity contribution in [3.8, 4) is 0 Å². The quantitative estimate of drug-likeness (QED) is 0.0775. The van der Waals surface area contributed by atoms with Gasteiger partial charge in [-0.15, -0.1) is 22.7 Å². The number of carbonyl (C=O) groups excluding carboxylic acids is 3. The van der Waals surface area contributed by atoms with Crippen molar-refractivity contribution in [2.45, 2.75) is 62.6 Å². The number of halogens is 5. The Morgan fingerprint density at radius 2 is 1.24 bits per heavy atom. The summed E-state index contributed by atoms with van der Waals surface area (Å²) in [6.07, 6.45) is 3.18. The molecular weight excluding hydrogens is 1200 g/mol. The van der Waals surface area contributed by atoms with Crippen molar-refractivity contribution in [3.05, 3.63) is 124 Å². The van der Waals surface area contributed by atoms with Gasteiger partial charge in [0.05, 0.1) is 51.8 Å². The highest BCUT2D eigenvalue weighted by atomic mass is 79.9. The first-order valence-corrected chi connectivity index (χ1v) is 27.9. The topological polar surface area (TPSA) is 202 Å². The number of esters is 2. The Balaban J connectivity index is 0.000000157. The Labute approximate surface area is 460 Å². The minimum Gasteiger partial charge on any atom is -0.466 e. The predicted octanol–water partition coefficient (Wildman–Crippen LogP) is 6.79. The molecular formula is C49H55Br3F2N10O8S2. The normalized spacial score (nSPS) is 23.6. The number of hydrogen-bond donors (Lipinski definition) is 4. The molecule has 10 rings (SSSR count). The zero-order chi connectivity index (χ0) is 52.7. The van der Waals surface area contributed by atoms with Crippen LogP contribution in [-0.2, 0) is 33.3 Å². The molecule has 0 spiro atoms. The molecule has 2 aromatic heterocycles. The third kappa shape index (κ3) is 13.5. The Kier molecular flexibility index (Phi) is 18.8. The Morgan fingerprint density at radius 3 is 1.69 bits per heavy atom. The van der Waals surface area contributed by atoms with Gasteiger partial charge in [-0.25, -0.2) is 33.1 Å². The molecule has 2 aromatic carbocycles. The molecule has 25 heteroatoms. The number of thiazole rings is 2. The maximum atomic E-state index is 13.8. The molecule has 6 atom stereocenters. The first-order valence-electron chi connectivity index (χ1n) is 23.5. The van der Waals surface area contributed by atoms with E-state index in [0.717, 1.165) is 13.1 Å². The number of nitrogens with one attached hydrogen (secondary N) is 4. The number of benzene rings is 2. The summed E-state index contributed by atoms with van der Waals surface area (Å²) in [5.74, 6) is -0.592. The molecule has 6 aliphatic heterocycles. The molecule has 4 aromatic rings. The number of aliphatic imine (C=N–C) groups is 2. The Bertz CT molecular complexity index is 2770. The summed E-state index contributed by atoms with van der Waals surface area (Å²) in [5.41, 5.74) is 3.03. The zero-order valence-corrected chi connectivity index (χ0v) is 47.4. The van der Waals surface area contributed by atoms with Gasteiger partial charge >= 0.3 is 18.0 Å². The van der Waals surface area contributed by atoms with Gasteiger partial charge in [0.1, 0.15) is 29.3 Å². The lowest BCUT2D eigenvalue weighted by Gasteiger charge is -2.46. The van der Waals surface area contributed by atoms with Crippen LogP contribution in [0, 0.1) is 11.6 Å². The second-order valence-electron chi connectivity index (χ2n) is 18.6. The van der Waals surface area contributed by atoms with Gasteiger partial charge < -0.3 is 49.9 Å². The maximum Gasteiger partial charge on any atom is 0.410 e. The number of alkyl halides is 1. The van der Waals surface area contributed by atoms with E-state index in [0.29, 0.717) is 116 Å². The van der Waals surface area contributed by atoms with E-state index in [2.05, 4.69) is 88.9 Å². The summed E-state index contributed by atoms with van der Waals surface area (Å²) >= 11 is 13.1. The fraction of sp³-hybridized carbons (Fsp3) is 0.449. The van der Waals surface area contributed by atoms with Gasteiger partial charge in [0, 0.05) is 106 Å². The number of piperazine rings is 2. The molecule has 18 nitrogen and oxygen atoms in total. The molecule has 0 saturated carbocycles. The van der Waals surface area contributed by atoms with E-state index < -0.39 is 29.6 Å². The van der Waals surface area contributed by atoms with Crippen LogP contribution in [0.15, 0.2) is 101 Å². The van der Waals surface area contributed by atoms with E-state index in [1.165, 1.54) is 61.2 Å². The Morgan fingerprint density at radius 1 is 0.757 bits per heavy atom. The number of carbonyl (C=O) groups is 3. The summed E-state index contributed by atoms with van der Waals surface area (Å²) in [6, 6.07) is 8.25. The van der Waals surface area contributed by atoms with Crippen molar-refractivity contribution >= 4 is 100 Å². The van der Waals surface area contributed by atoms with E-state index in [9.17, 15) is 23.2 Å². The van der Waals surface area contributed by atoms with Crippen LogP contribution >= 0.6 is 70.5 Å². The Hall–Kier alpha value is -4.57. The van der Waals surface area contributed by atoms with Crippen molar-refractivity contribution in [3.63, 3.8) is 0 Å². The monoisotopic (exact) mass is 1250 g/mol. The van der Waals surface area contributed by atoms with Crippen LogP contribution in [-0.4, -0.2) is 158 Å². The van der Waals surface area contributed by atoms with Gasteiger partial charge in [0.25, 0.3) is 0 Å². The second-order valence-corrected chi connectivity index (χ2v) is 22.6. The average molecular weight is 1250 g/mol. The molecule has 4 bridgehead atoms. The molecule has 1 amide bonds. The van der Waals surface area contributed by atoms with Crippen LogP contribution in [0.1, 0.15) is 54.0 Å². The number of nitrogens with zero attached hydrogens (tertiary/aromatic N) is 6. The minimum absolute atomic E-state index is 0.198. The fourth-order valence-electron chi connectivity index (χ4n) is 9.03. The van der Waals surface area contributed by atoms with Crippen LogP contribution in [0.25, 0.3) is 0 Å². The van der Waals surface area contributed by atoms with Crippen LogP contribution in [0.3, 0.4) is 0 Å². The number of hydrogen-bond acceptors (Lipinski definition) is 19. The van der Waals surface area contributed by atoms with Gasteiger partial charge in [0.2, 0.25) is 0 Å². The number of methoxy groups -OCH3 is 2. The molecule has 74 heavy (non-hydrogen) atoms. The van der Waals surface area contributed by atoms with E-state index in [-0.39, 0.29) is 41.9 Å². The van der Waals surface area contributed by atoms with E-state index in [1.54, 1.807) is 29.4 Å². The lowest BCUT2D eigenvalue weighted by atomic mass is 9.94. The third-order valence-corrected chi connectivity index (χ3v) is 15.8. The zero-order valence-electron chi connectivity index (χ0n) is 41.0. The molecule has 0 aliphatic carbocycles. The SMILES string of the molecule is CC(C)(C)OC(=O)N1CC2COCC(C1)N2.COC(=O)C1=C(CBr)NC(c2nccs2)=N[C@H]1c1ccc(F)cc1Br.COC(=O)C1=C(CN2C3CNCC2COC3)NC(c2nccs2)=N[C@H]1c1ccc(F)cc1Br. The van der Waals surface area contributed by atoms with Crippen molar-refractivity contribution < 1.29 is 46.8 Å². The highest BCUT2D eigenvalue weighted by Gasteiger charge is 2.40. The number of amides is 1. The van der Waals surface area contributed by atoms with E-state index in [1.807, 2.05) is 31.5 Å². The second kappa shape index (κ2) is 25.1. The van der Waals surface area contributed by atoms with Gasteiger partial charge in [0.15, 0.2) is 21.7 Å². The van der Waals surface area contributed by atoms with E-state index >= 15 is 0 Å². The molecule has 4 unspecified atom stereocenters. The lowest BCUT2D eigenvalue weighted by Crippen LogP contribution is -2.64. The summed E-state index contributed by atoms with van der Waals surface area (Å²) in [7, 11) is 2.68. The number of ether oxygens (including phenoxy) is 5. The van der Waals surface area contributed by atoms with Crippen molar-refractivity contribution in [1.82, 2.24) is 41.0 Å². The lowest BCUT2D eigenvalue weighted by molar-refractivity contribution is -0.137. The predicted molar refractivity (Wildman–Crippen MR) is 286 cm³/mol. The number of allylic oxidation sites excluding steroid dienone is 1. The van der Waals surface area contributed by atoms with Crippen LogP contribution in [0.5, 0.6) is 0 Å². The largest absolute Gasteiger partial charge is 0.466 e. The van der Waals surface area contributed by atoms with Gasteiger partial charge in [-0.05, 0) is 56.2 Å². The smallest absolute Gasteiger partial charge is 0.410 e. The van der Waals surface area contributed by atoms with Gasteiger partial charge in [-0.3, -0.25) is 14.9 Å². The number of amidine groups is 2. The summed E-state index contributed by atoms with van der Waals surface area (Å²) < 4.78 is 55.0. The first kappa shape index (κ1) is 55.7. The summed E-state index contributed by atoms with van der Waals surface area (Å²) in [4.78, 5) is 59.6. The average Bonchev–Trinajstić information content (AvgIpc) is 4.12. The summed E-state index contributed by atoms with van der Waals surface area (Å²) in [6.45, 7) is 11.8. The number of morpholine rings is 2. The van der Waals surface area contributed by atoms with E-state index in [4.69, 9.17) is 28.7 Å². The van der Waals surface area contributed by atoms with Crippen LogP contribution < -0.4 is 21.3 Å². The van der Waals surface area contributed by atoms with Crippen LogP contribution in [0.4, 0.5) is 13.6 Å². The highest BCUT2D eigenvalue weighted by molar-refractivity contribution is 9.11. The number of rotatable bonds is 9. The molecule has 4 saturated heterocycles. The maximum absolute atomic E-state index is 13.8. The van der Waals surface area contributed by atoms with Crippen LogP contribution in [0.2, 0.25) is 0 Å². The molecule has 8 heterocycles. The van der Waals surface area contributed by atoms with Gasteiger partial charge in [-0.1, -0.05) is 59.9 Å². The molecule has 0 radical (unpaired) electrons. The first-order chi connectivity index (χ1) is 35.5. The fourth-order valence-corrected chi connectivity index (χ4v) is 11.8. The minimum atomic E-state index is -0.679.